The lowest BCUT2D eigenvalue weighted by atomic mass is 10.3. The largest absolute Gasteiger partial charge is 0.573 e. The zero-order valence-corrected chi connectivity index (χ0v) is 19.6. The van der Waals surface area contributed by atoms with E-state index in [9.17, 15) is 18.0 Å². The summed E-state index contributed by atoms with van der Waals surface area (Å²) >= 11 is 0. The van der Waals surface area contributed by atoms with E-state index in [1.54, 1.807) is 43.3 Å². The lowest BCUT2D eigenvalue weighted by Gasteiger charge is -2.11. The predicted octanol–water partition coefficient (Wildman–Crippen LogP) is 4.90. The highest BCUT2D eigenvalue weighted by Crippen LogP contribution is 2.29. The van der Waals surface area contributed by atoms with Gasteiger partial charge in [-0.1, -0.05) is 0 Å². The van der Waals surface area contributed by atoms with Crippen LogP contribution in [0, 0.1) is 0 Å². The number of nitrogens with one attached hydrogen (secondary N) is 2. The molecule has 9 nitrogen and oxygen atoms in total. The van der Waals surface area contributed by atoms with Gasteiger partial charge in [-0.25, -0.2) is 9.97 Å². The second-order valence-corrected chi connectivity index (χ2v) is 8.11. The van der Waals surface area contributed by atoms with Crippen LogP contribution >= 0.6 is 0 Å². The first-order valence-electron chi connectivity index (χ1n) is 10.7. The van der Waals surface area contributed by atoms with Crippen LogP contribution in [-0.2, 0) is 11.8 Å². The van der Waals surface area contributed by atoms with Gasteiger partial charge in [-0.15, -0.1) is 13.2 Å². The first-order valence-corrected chi connectivity index (χ1v) is 10.7. The predicted molar refractivity (Wildman–Crippen MR) is 129 cm³/mol. The Labute approximate surface area is 204 Å². The molecule has 12 heteroatoms. The lowest BCUT2D eigenvalue weighted by Crippen LogP contribution is -2.27. The Morgan fingerprint density at radius 2 is 1.72 bits per heavy atom. The average Bonchev–Trinajstić information content (AvgIpc) is 3.08. The molecule has 4 aromatic rings. The number of carbonyl (C=O) groups is 1. The highest BCUT2D eigenvalue weighted by molar-refractivity contribution is 5.91. The first-order chi connectivity index (χ1) is 17.1. The Hall–Kier alpha value is -4.32. The van der Waals surface area contributed by atoms with Gasteiger partial charge >= 0.3 is 6.36 Å². The van der Waals surface area contributed by atoms with E-state index in [1.807, 2.05) is 17.7 Å². The molecule has 2 aromatic heterocycles. The van der Waals surface area contributed by atoms with E-state index in [0.717, 1.165) is 5.52 Å². The van der Waals surface area contributed by atoms with Gasteiger partial charge in [0.2, 0.25) is 11.9 Å². The molecular weight excluding hydrogens is 477 g/mol. The van der Waals surface area contributed by atoms with Crippen molar-refractivity contribution in [1.29, 1.82) is 0 Å². The molecule has 2 N–H and O–H groups in total. The van der Waals surface area contributed by atoms with Gasteiger partial charge in [0.05, 0.1) is 17.6 Å². The Balaban J connectivity index is 1.47. The molecule has 0 aliphatic rings. The summed E-state index contributed by atoms with van der Waals surface area (Å²) in [5.74, 6) is 1.37. The van der Waals surface area contributed by atoms with E-state index in [0.29, 0.717) is 34.5 Å². The summed E-state index contributed by atoms with van der Waals surface area (Å²) in [6, 6.07) is 14.0. The van der Waals surface area contributed by atoms with Crippen molar-refractivity contribution < 1.29 is 27.4 Å². The number of aryl methyl sites for hydroxylation is 1. The van der Waals surface area contributed by atoms with Crippen molar-refractivity contribution in [3.05, 3.63) is 60.8 Å². The first kappa shape index (κ1) is 24.8. The van der Waals surface area contributed by atoms with Crippen molar-refractivity contribution in [3.63, 3.8) is 0 Å². The number of amides is 1. The number of halogens is 3. The van der Waals surface area contributed by atoms with Gasteiger partial charge in [0.1, 0.15) is 23.1 Å². The third kappa shape index (κ3) is 6.42. The highest BCUT2D eigenvalue weighted by Gasteiger charge is 2.31. The molecule has 36 heavy (non-hydrogen) atoms. The van der Waals surface area contributed by atoms with Gasteiger partial charge in [-0.2, -0.15) is 0 Å². The minimum Gasteiger partial charge on any atom is -0.457 e. The molecule has 0 spiro atoms. The van der Waals surface area contributed by atoms with Crippen LogP contribution < -0.4 is 20.1 Å². The van der Waals surface area contributed by atoms with Crippen molar-refractivity contribution in [3.8, 4) is 17.2 Å². The topological polar surface area (TPSA) is 93.5 Å². The van der Waals surface area contributed by atoms with Gasteiger partial charge < -0.3 is 29.6 Å². The van der Waals surface area contributed by atoms with Crippen LogP contribution in [0.1, 0.15) is 0 Å². The molecule has 4 rings (SSSR count). The Kier molecular flexibility index (Phi) is 6.97. The lowest BCUT2D eigenvalue weighted by molar-refractivity contribution is -0.274. The van der Waals surface area contributed by atoms with E-state index in [-0.39, 0.29) is 18.2 Å². The van der Waals surface area contributed by atoms with Crippen LogP contribution in [-0.4, -0.2) is 52.3 Å². The maximum Gasteiger partial charge on any atom is 0.573 e. The molecule has 0 atom stereocenters. The monoisotopic (exact) mass is 500 g/mol. The maximum atomic E-state index is 12.4. The van der Waals surface area contributed by atoms with E-state index in [1.165, 1.54) is 30.5 Å². The minimum atomic E-state index is -4.75. The summed E-state index contributed by atoms with van der Waals surface area (Å²) in [5, 5.41) is 5.80. The molecule has 0 bridgehead atoms. The number of nitrogens with zero attached hydrogens (tertiary/aromatic N) is 4. The van der Waals surface area contributed by atoms with Crippen LogP contribution in [0.4, 0.5) is 30.6 Å². The van der Waals surface area contributed by atoms with E-state index >= 15 is 0 Å². The van der Waals surface area contributed by atoms with Crippen LogP contribution in [0.2, 0.25) is 0 Å². The molecule has 2 aromatic carbocycles. The number of ether oxygens (including phenoxy) is 2. The summed E-state index contributed by atoms with van der Waals surface area (Å²) in [4.78, 5) is 22.4. The molecule has 0 saturated heterocycles. The van der Waals surface area contributed by atoms with Crippen LogP contribution in [0.25, 0.3) is 11.0 Å². The maximum absolute atomic E-state index is 12.4. The molecule has 0 fully saturated rings. The van der Waals surface area contributed by atoms with Gasteiger partial charge in [0, 0.05) is 31.1 Å². The van der Waals surface area contributed by atoms with Gasteiger partial charge in [0.15, 0.2) is 0 Å². The summed E-state index contributed by atoms with van der Waals surface area (Å²) in [7, 11) is 5.40. The quantitative estimate of drug-likeness (QED) is 0.355. The second-order valence-electron chi connectivity index (χ2n) is 8.11. The molecular formula is C24H23F3N6O3. The SMILES string of the molecule is CN(C)CC(=O)Nc1cc(Oc2ccc3c(c2)nc(Nc2ccc(OC(F)(F)F)cc2)n3C)ccn1. The summed E-state index contributed by atoms with van der Waals surface area (Å²) in [5.41, 5.74) is 2.00. The third-order valence-corrected chi connectivity index (χ3v) is 4.89. The second kappa shape index (κ2) is 10.1. The number of carbonyl (C=O) groups excluding carboxylic acids is 1. The van der Waals surface area contributed by atoms with Crippen molar-refractivity contribution in [1.82, 2.24) is 19.4 Å². The van der Waals surface area contributed by atoms with E-state index in [4.69, 9.17) is 4.74 Å². The van der Waals surface area contributed by atoms with Crippen molar-refractivity contribution in [2.75, 3.05) is 31.3 Å². The molecule has 0 aliphatic carbocycles. The van der Waals surface area contributed by atoms with Gasteiger partial charge in [0.25, 0.3) is 0 Å². The van der Waals surface area contributed by atoms with Crippen LogP contribution in [0.15, 0.2) is 60.8 Å². The molecule has 188 valence electrons. The summed E-state index contributed by atoms with van der Waals surface area (Å²) < 4.78 is 48.7. The molecule has 0 radical (unpaired) electrons. The fraction of sp³-hybridized carbons (Fsp3) is 0.208. The number of aromatic nitrogens is 3. The molecule has 0 unspecified atom stereocenters. The van der Waals surface area contributed by atoms with Crippen molar-refractivity contribution in [2.45, 2.75) is 6.36 Å². The Morgan fingerprint density at radius 3 is 2.42 bits per heavy atom. The smallest absolute Gasteiger partial charge is 0.457 e. The van der Waals surface area contributed by atoms with Gasteiger partial charge in [-0.3, -0.25) is 4.79 Å². The number of pyridine rings is 1. The number of benzene rings is 2. The van der Waals surface area contributed by atoms with Crippen molar-refractivity contribution in [2.24, 2.45) is 7.05 Å². The number of hydrogen-bond donors (Lipinski definition) is 2. The summed E-state index contributed by atoms with van der Waals surface area (Å²) in [6.45, 7) is 0.227. The molecule has 0 aliphatic heterocycles. The molecule has 1 amide bonds. The zero-order chi connectivity index (χ0) is 25.9. The number of rotatable bonds is 8. The van der Waals surface area contributed by atoms with E-state index in [2.05, 4.69) is 25.3 Å². The number of fused-ring (bicyclic) bond motifs is 1. The van der Waals surface area contributed by atoms with Crippen LogP contribution in [0.5, 0.6) is 17.2 Å². The van der Waals surface area contributed by atoms with E-state index < -0.39 is 6.36 Å². The number of hydrogen-bond acceptors (Lipinski definition) is 7. The number of alkyl halides is 3. The molecule has 2 heterocycles. The third-order valence-electron chi connectivity index (χ3n) is 4.89. The fourth-order valence-corrected chi connectivity index (χ4v) is 3.37. The van der Waals surface area contributed by atoms with Gasteiger partial charge in [-0.05, 0) is 56.6 Å². The van der Waals surface area contributed by atoms with Crippen LogP contribution in [0.3, 0.4) is 0 Å². The van der Waals surface area contributed by atoms with Crippen molar-refractivity contribution >= 4 is 34.4 Å². The standard InChI is InChI=1S/C24H23F3N6O3/c1-32(2)14-22(34)31-21-13-18(10-11-28-21)35-17-8-9-20-19(12-17)30-23(33(20)3)29-15-4-6-16(7-5-15)36-24(25,26)27/h4-13H,14H2,1-3H3,(H,29,30)(H,28,31,34). The fourth-order valence-electron chi connectivity index (χ4n) is 3.37. The summed E-state index contributed by atoms with van der Waals surface area (Å²) in [6.07, 6.45) is -3.21. The minimum absolute atomic E-state index is 0.192. The Bertz CT molecular complexity index is 1370. The number of anilines is 3. The highest BCUT2D eigenvalue weighted by atomic mass is 19.4. The molecule has 0 saturated carbocycles. The Morgan fingerprint density at radius 1 is 1.03 bits per heavy atom. The average molecular weight is 500 g/mol. The normalized spacial score (nSPS) is 11.5. The number of likely N-dealkylation sites (N-methyl/N-ethyl adjacent to an activating group) is 1. The number of imidazole rings is 1. The zero-order valence-electron chi connectivity index (χ0n) is 19.6.